The van der Waals surface area contributed by atoms with Crippen molar-refractivity contribution in [3.8, 4) is 0 Å². The molecule has 4 nitrogen and oxygen atoms in total. The molecule has 0 saturated carbocycles. The second-order valence-electron chi connectivity index (χ2n) is 3.91. The maximum Gasteiger partial charge on any atom is 0.326 e. The summed E-state index contributed by atoms with van der Waals surface area (Å²) in [7, 11) is 0. The number of nitrogens with zero attached hydrogens (tertiary/aromatic N) is 1. The Kier molecular flexibility index (Phi) is 2.64. The minimum atomic E-state index is -0.981. The van der Waals surface area contributed by atoms with E-state index in [0.29, 0.717) is 12.8 Å². The molecule has 16 heavy (non-hydrogen) atoms. The lowest BCUT2D eigenvalue weighted by Gasteiger charge is -2.32. The second kappa shape index (κ2) is 3.96. The minimum Gasteiger partial charge on any atom is -0.480 e. The SMILES string of the molecule is C[C@H](C(=O)O)N1C(=O)CCc2ccccc21. The molecule has 0 unspecified atom stereocenters. The number of aliphatic carboxylic acids is 1. The van der Waals surface area contributed by atoms with Crippen molar-refractivity contribution in [2.45, 2.75) is 25.8 Å². The highest BCUT2D eigenvalue weighted by atomic mass is 16.4. The first kappa shape index (κ1) is 10.7. The van der Waals surface area contributed by atoms with Gasteiger partial charge in [0.2, 0.25) is 5.91 Å². The molecular weight excluding hydrogens is 206 g/mol. The molecular formula is C12H13NO3. The van der Waals surface area contributed by atoms with E-state index in [0.717, 1.165) is 11.3 Å². The van der Waals surface area contributed by atoms with Gasteiger partial charge >= 0.3 is 5.97 Å². The predicted octanol–water partition coefficient (Wildman–Crippen LogP) is 1.44. The first-order chi connectivity index (χ1) is 7.61. The monoisotopic (exact) mass is 219 g/mol. The minimum absolute atomic E-state index is 0.117. The zero-order valence-corrected chi connectivity index (χ0v) is 9.01. The van der Waals surface area contributed by atoms with Crippen LogP contribution in [0.2, 0.25) is 0 Å². The lowest BCUT2D eigenvalue weighted by atomic mass is 10.00. The van der Waals surface area contributed by atoms with Crippen LogP contribution in [0.25, 0.3) is 0 Å². The highest BCUT2D eigenvalue weighted by Gasteiger charge is 2.31. The lowest BCUT2D eigenvalue weighted by molar-refractivity contribution is -0.139. The Hall–Kier alpha value is -1.84. The third kappa shape index (κ3) is 1.66. The summed E-state index contributed by atoms with van der Waals surface area (Å²) in [6.07, 6.45) is 1.08. The maximum absolute atomic E-state index is 11.8. The summed E-state index contributed by atoms with van der Waals surface area (Å²) in [5.74, 6) is -1.10. The van der Waals surface area contributed by atoms with Crippen LogP contribution in [-0.4, -0.2) is 23.0 Å². The van der Waals surface area contributed by atoms with E-state index in [2.05, 4.69) is 0 Å². The van der Waals surface area contributed by atoms with Gasteiger partial charge in [-0.2, -0.15) is 0 Å². The van der Waals surface area contributed by atoms with E-state index in [9.17, 15) is 9.59 Å². The van der Waals surface area contributed by atoms with Gasteiger partial charge in [0.25, 0.3) is 0 Å². The molecule has 1 aromatic rings. The Morgan fingerprint density at radius 2 is 2.06 bits per heavy atom. The summed E-state index contributed by atoms with van der Waals surface area (Å²) in [5.41, 5.74) is 1.77. The number of carbonyl (C=O) groups excluding carboxylic acids is 1. The van der Waals surface area contributed by atoms with Crippen LogP contribution in [0.3, 0.4) is 0 Å². The average molecular weight is 219 g/mol. The number of aryl methyl sites for hydroxylation is 1. The zero-order chi connectivity index (χ0) is 11.7. The Balaban J connectivity index is 2.44. The fraction of sp³-hybridized carbons (Fsp3) is 0.333. The normalized spacial score (nSPS) is 16.8. The molecule has 0 aliphatic carbocycles. The molecule has 0 fully saturated rings. The number of carbonyl (C=O) groups is 2. The van der Waals surface area contributed by atoms with Crippen LogP contribution in [0.1, 0.15) is 18.9 Å². The van der Waals surface area contributed by atoms with Crippen molar-refractivity contribution < 1.29 is 14.7 Å². The number of rotatable bonds is 2. The van der Waals surface area contributed by atoms with Crippen molar-refractivity contribution >= 4 is 17.6 Å². The van der Waals surface area contributed by atoms with E-state index in [1.54, 1.807) is 6.07 Å². The van der Waals surface area contributed by atoms with Gasteiger partial charge in [-0.15, -0.1) is 0 Å². The summed E-state index contributed by atoms with van der Waals surface area (Å²) < 4.78 is 0. The van der Waals surface area contributed by atoms with Crippen LogP contribution < -0.4 is 4.90 Å². The molecule has 4 heteroatoms. The van der Waals surface area contributed by atoms with Crippen LogP contribution >= 0.6 is 0 Å². The number of carboxylic acid groups (broad SMARTS) is 1. The molecule has 0 spiro atoms. The first-order valence-corrected chi connectivity index (χ1v) is 5.24. The van der Waals surface area contributed by atoms with Gasteiger partial charge < -0.3 is 5.11 Å². The number of amides is 1. The molecule has 2 rings (SSSR count). The fourth-order valence-corrected chi connectivity index (χ4v) is 1.99. The van der Waals surface area contributed by atoms with Crippen LogP contribution in [0.5, 0.6) is 0 Å². The molecule has 84 valence electrons. The highest BCUT2D eigenvalue weighted by Crippen LogP contribution is 2.29. The van der Waals surface area contributed by atoms with E-state index in [1.165, 1.54) is 11.8 Å². The van der Waals surface area contributed by atoms with E-state index >= 15 is 0 Å². The van der Waals surface area contributed by atoms with Crippen molar-refractivity contribution in [2.24, 2.45) is 0 Å². The molecule has 1 aliphatic heterocycles. The van der Waals surface area contributed by atoms with Gasteiger partial charge in [-0.25, -0.2) is 4.79 Å². The molecule has 0 radical (unpaired) electrons. The van der Waals surface area contributed by atoms with Gasteiger partial charge in [-0.1, -0.05) is 18.2 Å². The zero-order valence-electron chi connectivity index (χ0n) is 9.01. The Labute approximate surface area is 93.5 Å². The maximum atomic E-state index is 11.8. The Morgan fingerprint density at radius 3 is 2.75 bits per heavy atom. The van der Waals surface area contributed by atoms with E-state index in [-0.39, 0.29) is 5.91 Å². The standard InChI is InChI=1S/C12H13NO3/c1-8(12(15)16)13-10-5-3-2-4-9(10)6-7-11(13)14/h2-5,8H,6-7H2,1H3,(H,15,16)/t8-/m1/s1. The smallest absolute Gasteiger partial charge is 0.326 e. The van der Waals surface area contributed by atoms with Gasteiger partial charge in [0.15, 0.2) is 0 Å². The Bertz CT molecular complexity index is 442. The van der Waals surface area contributed by atoms with E-state index < -0.39 is 12.0 Å². The quantitative estimate of drug-likeness (QED) is 0.818. The predicted molar refractivity (Wildman–Crippen MR) is 59.3 cm³/mol. The molecule has 0 saturated heterocycles. The van der Waals surface area contributed by atoms with Crippen LogP contribution in [0.15, 0.2) is 24.3 Å². The number of carboxylic acids is 1. The summed E-state index contributed by atoms with van der Waals surface area (Å²) >= 11 is 0. The van der Waals surface area contributed by atoms with Crippen LogP contribution in [0, 0.1) is 0 Å². The highest BCUT2D eigenvalue weighted by molar-refractivity contribution is 6.01. The van der Waals surface area contributed by atoms with Crippen molar-refractivity contribution in [1.29, 1.82) is 0 Å². The van der Waals surface area contributed by atoms with Gasteiger partial charge in [0.1, 0.15) is 6.04 Å². The molecule has 0 bridgehead atoms. The molecule has 1 aliphatic rings. The van der Waals surface area contributed by atoms with Crippen molar-refractivity contribution in [2.75, 3.05) is 4.90 Å². The van der Waals surface area contributed by atoms with Crippen LogP contribution in [-0.2, 0) is 16.0 Å². The summed E-state index contributed by atoms with van der Waals surface area (Å²) in [4.78, 5) is 24.1. The molecule has 1 atom stereocenters. The van der Waals surface area contributed by atoms with Crippen molar-refractivity contribution in [3.05, 3.63) is 29.8 Å². The third-order valence-electron chi connectivity index (χ3n) is 2.87. The number of anilines is 1. The van der Waals surface area contributed by atoms with E-state index in [1.807, 2.05) is 18.2 Å². The van der Waals surface area contributed by atoms with Crippen molar-refractivity contribution in [3.63, 3.8) is 0 Å². The van der Waals surface area contributed by atoms with Gasteiger partial charge in [-0.3, -0.25) is 9.69 Å². The molecule has 0 aromatic heterocycles. The number of fused-ring (bicyclic) bond motifs is 1. The Morgan fingerprint density at radius 1 is 1.38 bits per heavy atom. The van der Waals surface area contributed by atoms with Gasteiger partial charge in [0.05, 0.1) is 0 Å². The third-order valence-corrected chi connectivity index (χ3v) is 2.87. The molecule has 1 heterocycles. The van der Waals surface area contributed by atoms with Crippen LogP contribution in [0.4, 0.5) is 5.69 Å². The largest absolute Gasteiger partial charge is 0.480 e. The average Bonchev–Trinajstić information content (AvgIpc) is 2.28. The molecule has 1 N–H and O–H groups in total. The number of benzene rings is 1. The first-order valence-electron chi connectivity index (χ1n) is 5.24. The van der Waals surface area contributed by atoms with Crippen molar-refractivity contribution in [1.82, 2.24) is 0 Å². The number of hydrogen-bond acceptors (Lipinski definition) is 2. The summed E-state index contributed by atoms with van der Waals surface area (Å²) in [6.45, 7) is 1.53. The summed E-state index contributed by atoms with van der Waals surface area (Å²) in [6, 6.07) is 6.64. The van der Waals surface area contributed by atoms with E-state index in [4.69, 9.17) is 5.11 Å². The topological polar surface area (TPSA) is 57.6 Å². The molecule has 1 amide bonds. The van der Waals surface area contributed by atoms with Gasteiger partial charge in [-0.05, 0) is 25.0 Å². The lowest BCUT2D eigenvalue weighted by Crippen LogP contribution is -2.45. The number of hydrogen-bond donors (Lipinski definition) is 1. The second-order valence-corrected chi connectivity index (χ2v) is 3.91. The fourth-order valence-electron chi connectivity index (χ4n) is 1.99. The summed E-state index contributed by atoms with van der Waals surface area (Å²) in [5, 5.41) is 8.98. The number of para-hydroxylation sites is 1. The van der Waals surface area contributed by atoms with Gasteiger partial charge in [0, 0.05) is 12.1 Å². The molecule has 1 aromatic carbocycles.